The van der Waals surface area contributed by atoms with Crippen LogP contribution in [0.15, 0.2) is 24.3 Å². The third-order valence-corrected chi connectivity index (χ3v) is 7.73. The van der Waals surface area contributed by atoms with E-state index in [0.717, 1.165) is 5.02 Å². The maximum Gasteiger partial charge on any atom is 0.184 e. The summed E-state index contributed by atoms with van der Waals surface area (Å²) in [4.78, 5) is 4.12. The Morgan fingerprint density at radius 3 is 1.88 bits per heavy atom. The van der Waals surface area contributed by atoms with E-state index >= 15 is 0 Å². The lowest BCUT2D eigenvalue weighted by atomic mass is 9.58. The first kappa shape index (κ1) is 22.2. The van der Waals surface area contributed by atoms with E-state index in [1.807, 2.05) is 12.1 Å². The molecule has 26 heavy (non-hydrogen) atoms. The highest BCUT2D eigenvalue weighted by atomic mass is 35.5. The first-order valence-electron chi connectivity index (χ1n) is 10.1. The first-order chi connectivity index (χ1) is 11.8. The summed E-state index contributed by atoms with van der Waals surface area (Å²) < 4.78 is 6.81. The van der Waals surface area contributed by atoms with Gasteiger partial charge >= 0.3 is 0 Å². The number of benzene rings is 1. The van der Waals surface area contributed by atoms with Crippen LogP contribution in [0.3, 0.4) is 0 Å². The largest absolute Gasteiger partial charge is 0.413 e. The van der Waals surface area contributed by atoms with Crippen LogP contribution in [0.4, 0.5) is 0 Å². The Kier molecular flexibility index (Phi) is 6.88. The zero-order valence-electron chi connectivity index (χ0n) is 17.9. The molecule has 0 radical (unpaired) electrons. The van der Waals surface area contributed by atoms with E-state index in [2.05, 4.69) is 70.2 Å². The fourth-order valence-corrected chi connectivity index (χ4v) is 6.84. The summed E-state index contributed by atoms with van der Waals surface area (Å²) in [5.41, 5.74) is 1.59. The Morgan fingerprint density at radius 1 is 1.00 bits per heavy atom. The van der Waals surface area contributed by atoms with Crippen molar-refractivity contribution in [1.82, 2.24) is 4.98 Å². The van der Waals surface area contributed by atoms with Crippen molar-refractivity contribution in [3.05, 3.63) is 34.9 Å². The molecule has 2 nitrogen and oxygen atoms in total. The van der Waals surface area contributed by atoms with E-state index in [9.17, 15) is 0 Å². The van der Waals surface area contributed by atoms with Gasteiger partial charge in [0.15, 0.2) is 8.32 Å². The molecule has 0 amide bonds. The third-order valence-electron chi connectivity index (χ3n) is 5.32. The van der Waals surface area contributed by atoms with E-state index in [1.54, 1.807) is 0 Å². The molecular weight excluding hydrogens is 374 g/mol. The highest BCUT2D eigenvalue weighted by molar-refractivity contribution is 6.73. The minimum absolute atomic E-state index is 0.166. The van der Waals surface area contributed by atoms with Crippen molar-refractivity contribution in [3.8, 4) is 0 Å². The van der Waals surface area contributed by atoms with Gasteiger partial charge in [-0.15, -0.1) is 0 Å². The second-order valence-electron chi connectivity index (χ2n) is 10.3. The van der Waals surface area contributed by atoms with Gasteiger partial charge in [0.2, 0.25) is 0 Å². The van der Waals surface area contributed by atoms with Gasteiger partial charge < -0.3 is 9.41 Å². The van der Waals surface area contributed by atoms with Crippen molar-refractivity contribution in [2.75, 3.05) is 0 Å². The fraction of sp³-hybridized carbons (Fsp3) is 0.714. The number of hydrogen-bond acceptors (Lipinski definition) is 2. The van der Waals surface area contributed by atoms with E-state index in [-0.39, 0.29) is 11.5 Å². The summed E-state index contributed by atoms with van der Waals surface area (Å²) in [5, 5.41) is 0.816. The Hall–Kier alpha value is -0.136. The predicted octanol–water partition coefficient (Wildman–Crippen LogP) is 6.43. The first-order valence-corrected chi connectivity index (χ1v) is 17.3. The quantitative estimate of drug-likeness (QED) is 0.497. The summed E-state index contributed by atoms with van der Waals surface area (Å²) in [6, 6.07) is 8.94. The van der Waals surface area contributed by atoms with Gasteiger partial charge in [0.05, 0.1) is 6.10 Å². The standard InChI is InChI=1S/C21H38ClNOSi2/c1-16(2)19(24-26(6,7)8)20(23-25(3,4)5)21(14-9-15-21)17-10-12-18(22)13-11-17/h10-13,16,19-20,23H,9,14-15H2,1-8H3. The van der Waals surface area contributed by atoms with Crippen LogP contribution < -0.4 is 4.98 Å². The van der Waals surface area contributed by atoms with Gasteiger partial charge in [-0.05, 0) is 56.1 Å². The molecule has 2 unspecified atom stereocenters. The van der Waals surface area contributed by atoms with Crippen LogP contribution in [0.2, 0.25) is 44.3 Å². The van der Waals surface area contributed by atoms with Crippen LogP contribution in [0.25, 0.3) is 0 Å². The molecule has 1 aliphatic rings. The molecule has 0 aliphatic heterocycles. The molecule has 0 spiro atoms. The van der Waals surface area contributed by atoms with Gasteiger partial charge in [-0.2, -0.15) is 0 Å². The van der Waals surface area contributed by atoms with Crippen LogP contribution >= 0.6 is 11.6 Å². The van der Waals surface area contributed by atoms with Crippen molar-refractivity contribution in [2.45, 2.75) is 90.0 Å². The maximum atomic E-state index is 6.81. The lowest BCUT2D eigenvalue weighted by molar-refractivity contribution is 0.0395. The number of hydrogen-bond donors (Lipinski definition) is 1. The molecule has 1 aromatic rings. The van der Waals surface area contributed by atoms with Crippen LogP contribution in [-0.4, -0.2) is 28.7 Å². The molecule has 0 saturated heterocycles. The molecule has 1 aliphatic carbocycles. The predicted molar refractivity (Wildman–Crippen MR) is 120 cm³/mol. The third kappa shape index (κ3) is 5.45. The zero-order chi connectivity index (χ0) is 19.8. The van der Waals surface area contributed by atoms with Crippen molar-refractivity contribution in [2.24, 2.45) is 5.92 Å². The van der Waals surface area contributed by atoms with Crippen LogP contribution in [0.1, 0.15) is 38.7 Å². The Morgan fingerprint density at radius 2 is 1.54 bits per heavy atom. The molecule has 0 aromatic heterocycles. The highest BCUT2D eigenvalue weighted by Gasteiger charge is 2.51. The summed E-state index contributed by atoms with van der Waals surface area (Å²) >= 11 is 6.18. The Labute approximate surface area is 168 Å². The number of nitrogens with one attached hydrogen (secondary N) is 1. The van der Waals surface area contributed by atoms with E-state index in [4.69, 9.17) is 16.0 Å². The van der Waals surface area contributed by atoms with E-state index in [0.29, 0.717) is 12.0 Å². The molecule has 2 rings (SSSR count). The molecule has 148 valence electrons. The van der Waals surface area contributed by atoms with Gasteiger partial charge in [0, 0.05) is 16.5 Å². The second-order valence-corrected chi connectivity index (χ2v) is 20.0. The van der Waals surface area contributed by atoms with Gasteiger partial charge in [-0.25, -0.2) is 0 Å². The summed E-state index contributed by atoms with van der Waals surface area (Å²) in [6.07, 6.45) is 4.00. The molecule has 1 fully saturated rings. The summed E-state index contributed by atoms with van der Waals surface area (Å²) in [7, 11) is -3.13. The van der Waals surface area contributed by atoms with Crippen molar-refractivity contribution < 1.29 is 4.43 Å². The highest BCUT2D eigenvalue weighted by Crippen LogP contribution is 2.49. The lowest BCUT2D eigenvalue weighted by Gasteiger charge is -2.54. The Bertz CT molecular complexity index is 586. The van der Waals surface area contributed by atoms with Gasteiger partial charge in [0.25, 0.3) is 0 Å². The van der Waals surface area contributed by atoms with Crippen LogP contribution in [-0.2, 0) is 9.84 Å². The minimum Gasteiger partial charge on any atom is -0.413 e. The van der Waals surface area contributed by atoms with Gasteiger partial charge in [-0.3, -0.25) is 0 Å². The van der Waals surface area contributed by atoms with Crippen LogP contribution in [0, 0.1) is 5.92 Å². The number of halogens is 1. The molecule has 0 bridgehead atoms. The summed E-state index contributed by atoms with van der Waals surface area (Å²) in [6.45, 7) is 18.8. The molecule has 2 atom stereocenters. The monoisotopic (exact) mass is 411 g/mol. The molecule has 1 N–H and O–H groups in total. The molecule has 0 heterocycles. The molecule has 1 saturated carbocycles. The zero-order valence-corrected chi connectivity index (χ0v) is 20.7. The van der Waals surface area contributed by atoms with E-state index < -0.39 is 16.6 Å². The molecular formula is C21H38ClNOSi2. The SMILES string of the molecule is CC(C)C(O[Si](C)(C)C)C(N[Si](C)(C)C)C1(c2ccc(Cl)cc2)CCC1. The van der Waals surface area contributed by atoms with Gasteiger partial charge in [-0.1, -0.05) is 63.6 Å². The minimum atomic E-state index is -1.64. The second kappa shape index (κ2) is 8.08. The van der Waals surface area contributed by atoms with Crippen LogP contribution in [0.5, 0.6) is 0 Å². The average molecular weight is 412 g/mol. The lowest BCUT2D eigenvalue weighted by Crippen LogP contribution is -2.66. The van der Waals surface area contributed by atoms with Crippen molar-refractivity contribution in [3.63, 3.8) is 0 Å². The maximum absolute atomic E-state index is 6.81. The molecule has 5 heteroatoms. The average Bonchev–Trinajstić information content (AvgIpc) is 2.42. The smallest absolute Gasteiger partial charge is 0.184 e. The van der Waals surface area contributed by atoms with Crippen molar-refractivity contribution >= 4 is 28.2 Å². The molecule has 1 aromatic carbocycles. The normalized spacial score (nSPS) is 19.9. The number of rotatable bonds is 8. The van der Waals surface area contributed by atoms with Gasteiger partial charge in [0.1, 0.15) is 8.24 Å². The fourth-order valence-electron chi connectivity index (χ4n) is 4.12. The van der Waals surface area contributed by atoms with Crippen molar-refractivity contribution in [1.29, 1.82) is 0 Å². The van der Waals surface area contributed by atoms with E-state index in [1.165, 1.54) is 24.8 Å². The Balaban J connectivity index is 2.48. The summed E-state index contributed by atoms with van der Waals surface area (Å²) in [5.74, 6) is 0.486. The topological polar surface area (TPSA) is 21.3 Å².